The van der Waals surface area contributed by atoms with E-state index in [0.29, 0.717) is 17.4 Å². The number of carbonyl (C=O) groups is 1. The Hall–Kier alpha value is -1.80. The van der Waals surface area contributed by atoms with E-state index in [1.165, 1.54) is 89.9 Å². The number of likely N-dealkylation sites (N-methyl/N-ethyl adjacent to an activating group) is 1. The molecule has 8 nitrogen and oxygen atoms in total. The number of amides is 1. The SMILES string of the molecule is CC/C=C\C/C=C\C/C=C\C/C=C\CCCCCCC(=O)NC(COP(=O)(O)OCC[N+](C)(C)C)C(O)/C=C/CCCCCCCCCCCCCCCCCC. The Labute approximate surface area is 351 Å². The van der Waals surface area contributed by atoms with E-state index < -0.39 is 20.0 Å². The Bertz CT molecular complexity index is 1110. The largest absolute Gasteiger partial charge is 0.472 e. The summed E-state index contributed by atoms with van der Waals surface area (Å²) in [6, 6.07) is -0.861. The van der Waals surface area contributed by atoms with Gasteiger partial charge in [0.2, 0.25) is 5.91 Å². The van der Waals surface area contributed by atoms with Crippen molar-refractivity contribution in [1.29, 1.82) is 0 Å². The summed E-state index contributed by atoms with van der Waals surface area (Å²) in [5.41, 5.74) is 0. The molecule has 3 unspecified atom stereocenters. The molecule has 9 heteroatoms. The molecule has 0 aliphatic rings. The number of rotatable bonds is 41. The number of carbonyl (C=O) groups excluding carboxylic acids is 1. The van der Waals surface area contributed by atoms with Crippen LogP contribution < -0.4 is 5.32 Å². The van der Waals surface area contributed by atoms with Gasteiger partial charge in [0.25, 0.3) is 0 Å². The van der Waals surface area contributed by atoms with Crippen LogP contribution in [0.1, 0.15) is 187 Å². The summed E-state index contributed by atoms with van der Waals surface area (Å²) < 4.78 is 23.6. The molecule has 3 N–H and O–H groups in total. The zero-order valence-electron chi connectivity index (χ0n) is 37.6. The minimum atomic E-state index is -4.35. The highest BCUT2D eigenvalue weighted by atomic mass is 31.2. The monoisotopic (exact) mass is 822 g/mol. The van der Waals surface area contributed by atoms with E-state index in [4.69, 9.17) is 9.05 Å². The Morgan fingerprint density at radius 2 is 1.05 bits per heavy atom. The molecule has 0 fully saturated rings. The van der Waals surface area contributed by atoms with Crippen LogP contribution in [-0.2, 0) is 18.4 Å². The van der Waals surface area contributed by atoms with Crippen molar-refractivity contribution in [2.24, 2.45) is 0 Å². The molecule has 0 aromatic rings. The van der Waals surface area contributed by atoms with Crippen LogP contribution in [-0.4, -0.2) is 73.4 Å². The van der Waals surface area contributed by atoms with E-state index in [-0.39, 0.29) is 19.1 Å². The number of aliphatic hydroxyl groups is 1. The lowest BCUT2D eigenvalue weighted by Crippen LogP contribution is -2.45. The van der Waals surface area contributed by atoms with Gasteiger partial charge in [-0.25, -0.2) is 4.57 Å². The number of nitrogens with one attached hydrogen (secondary N) is 1. The summed E-state index contributed by atoms with van der Waals surface area (Å²) in [5, 5.41) is 13.8. The summed E-state index contributed by atoms with van der Waals surface area (Å²) in [7, 11) is 1.55. The van der Waals surface area contributed by atoms with Gasteiger partial charge >= 0.3 is 7.82 Å². The van der Waals surface area contributed by atoms with Crippen LogP contribution in [0.4, 0.5) is 0 Å². The van der Waals surface area contributed by atoms with Gasteiger partial charge in [0.05, 0.1) is 39.9 Å². The van der Waals surface area contributed by atoms with Gasteiger partial charge in [-0.1, -0.05) is 184 Å². The molecule has 0 saturated heterocycles. The summed E-state index contributed by atoms with van der Waals surface area (Å²) in [6.45, 7) is 4.67. The second kappa shape index (κ2) is 39.6. The molecule has 0 bridgehead atoms. The molecule has 0 aliphatic carbocycles. The molecule has 0 aliphatic heterocycles. The smallest absolute Gasteiger partial charge is 0.387 e. The van der Waals surface area contributed by atoms with E-state index in [1.54, 1.807) is 6.08 Å². The molecule has 0 heterocycles. The van der Waals surface area contributed by atoms with Gasteiger partial charge in [0.1, 0.15) is 13.2 Å². The van der Waals surface area contributed by atoms with Crippen LogP contribution in [0, 0.1) is 0 Å². The zero-order chi connectivity index (χ0) is 42.1. The van der Waals surface area contributed by atoms with Crippen LogP contribution in [0.25, 0.3) is 0 Å². The number of hydrogen-bond acceptors (Lipinski definition) is 5. The molecule has 0 saturated carbocycles. The Kier molecular flexibility index (Phi) is 38.4. The lowest BCUT2D eigenvalue weighted by atomic mass is 10.0. The molecule has 0 radical (unpaired) electrons. The van der Waals surface area contributed by atoms with E-state index in [9.17, 15) is 19.4 Å². The van der Waals surface area contributed by atoms with Crippen molar-refractivity contribution >= 4 is 13.7 Å². The third-order valence-corrected chi connectivity index (χ3v) is 11.0. The van der Waals surface area contributed by atoms with Gasteiger partial charge in [-0.3, -0.25) is 13.8 Å². The van der Waals surface area contributed by atoms with Crippen molar-refractivity contribution in [1.82, 2.24) is 5.32 Å². The predicted octanol–water partition coefficient (Wildman–Crippen LogP) is 13.0. The van der Waals surface area contributed by atoms with Crippen LogP contribution in [0.15, 0.2) is 60.8 Å². The number of phosphoric acid groups is 1. The topological polar surface area (TPSA) is 105 Å². The van der Waals surface area contributed by atoms with Crippen molar-refractivity contribution in [3.05, 3.63) is 60.8 Å². The molecule has 0 rings (SSSR count). The summed E-state index contributed by atoms with van der Waals surface area (Å²) in [6.07, 6.45) is 51.4. The number of quaternary nitrogens is 1. The van der Waals surface area contributed by atoms with E-state index in [2.05, 4.69) is 67.8 Å². The van der Waals surface area contributed by atoms with Crippen molar-refractivity contribution in [2.45, 2.75) is 199 Å². The Balaban J connectivity index is 4.46. The fourth-order valence-electron chi connectivity index (χ4n) is 6.33. The number of nitrogens with zero attached hydrogens (tertiary/aromatic N) is 1. The van der Waals surface area contributed by atoms with Crippen LogP contribution in [0.3, 0.4) is 0 Å². The van der Waals surface area contributed by atoms with Gasteiger partial charge in [0, 0.05) is 6.42 Å². The van der Waals surface area contributed by atoms with Gasteiger partial charge in [-0.2, -0.15) is 0 Å². The third kappa shape index (κ3) is 42.1. The normalized spacial score (nSPS) is 14.9. The van der Waals surface area contributed by atoms with Crippen LogP contribution in [0.5, 0.6) is 0 Å². The van der Waals surface area contributed by atoms with Crippen molar-refractivity contribution < 1.29 is 32.9 Å². The van der Waals surface area contributed by atoms with Crippen molar-refractivity contribution in [2.75, 3.05) is 40.9 Å². The molecule has 0 aromatic carbocycles. The van der Waals surface area contributed by atoms with Crippen molar-refractivity contribution in [3.63, 3.8) is 0 Å². The summed E-state index contributed by atoms with van der Waals surface area (Å²) in [5.74, 6) is -0.202. The average Bonchev–Trinajstić information content (AvgIpc) is 3.16. The summed E-state index contributed by atoms with van der Waals surface area (Å²) in [4.78, 5) is 23.1. The van der Waals surface area contributed by atoms with Crippen LogP contribution >= 0.6 is 7.82 Å². The van der Waals surface area contributed by atoms with Gasteiger partial charge < -0.3 is 19.8 Å². The maximum atomic E-state index is 12.9. The molecular weight excluding hydrogens is 732 g/mol. The number of phosphoric ester groups is 1. The van der Waals surface area contributed by atoms with E-state index in [0.717, 1.165) is 77.0 Å². The standard InChI is InChI=1S/C48H89N2O6P/c1-6-8-10-12-14-16-18-20-22-24-26-27-29-31-33-35-37-39-41-47(51)46(45-56-57(53,54)55-44-43-50(3,4)5)49-48(52)42-40-38-36-34-32-30-28-25-23-21-19-17-15-13-11-9-7-2/h9,11,15,17,21,23,28,30,39,41,46-47,51H,6-8,10,12-14,16,18-20,22,24-27,29,31-38,40,42-45H2,1-5H3,(H-,49,52,53,54)/p+1/b11-9-,17-15-,23-21-,30-28-,41-39+. The first-order chi connectivity index (χ1) is 27.5. The predicted molar refractivity (Wildman–Crippen MR) is 244 cm³/mol. The Morgan fingerprint density at radius 1 is 0.614 bits per heavy atom. The van der Waals surface area contributed by atoms with Crippen LogP contribution in [0.2, 0.25) is 0 Å². The minimum absolute atomic E-state index is 0.0539. The third-order valence-electron chi connectivity index (χ3n) is 9.99. The molecule has 57 heavy (non-hydrogen) atoms. The molecule has 0 spiro atoms. The lowest BCUT2D eigenvalue weighted by Gasteiger charge is -2.25. The summed E-state index contributed by atoms with van der Waals surface area (Å²) >= 11 is 0. The van der Waals surface area contributed by atoms with Gasteiger partial charge in [-0.15, -0.1) is 0 Å². The van der Waals surface area contributed by atoms with E-state index >= 15 is 0 Å². The molecule has 0 aromatic heterocycles. The highest BCUT2D eigenvalue weighted by molar-refractivity contribution is 7.47. The number of allylic oxidation sites excluding steroid dienone is 9. The van der Waals surface area contributed by atoms with Gasteiger partial charge in [-0.05, 0) is 57.8 Å². The highest BCUT2D eigenvalue weighted by Gasteiger charge is 2.27. The highest BCUT2D eigenvalue weighted by Crippen LogP contribution is 2.43. The maximum absolute atomic E-state index is 12.9. The van der Waals surface area contributed by atoms with Gasteiger partial charge in [0.15, 0.2) is 0 Å². The zero-order valence-corrected chi connectivity index (χ0v) is 38.5. The molecule has 332 valence electrons. The average molecular weight is 822 g/mol. The molecule has 3 atom stereocenters. The molecular formula is C48H90N2O6P+. The maximum Gasteiger partial charge on any atom is 0.472 e. The first-order valence-corrected chi connectivity index (χ1v) is 24.7. The first kappa shape index (κ1) is 55.2. The number of aliphatic hydroxyl groups excluding tert-OH is 1. The van der Waals surface area contributed by atoms with Crippen molar-refractivity contribution in [3.8, 4) is 0 Å². The first-order valence-electron chi connectivity index (χ1n) is 23.2. The van der Waals surface area contributed by atoms with E-state index in [1.807, 2.05) is 27.2 Å². The Morgan fingerprint density at radius 3 is 1.54 bits per heavy atom. The fraction of sp³-hybridized carbons (Fsp3) is 0.771. The second-order valence-corrected chi connectivity index (χ2v) is 18.2. The lowest BCUT2D eigenvalue weighted by molar-refractivity contribution is -0.870. The number of unbranched alkanes of at least 4 members (excludes halogenated alkanes) is 20. The number of hydrogen-bond donors (Lipinski definition) is 3. The molecule has 1 amide bonds. The second-order valence-electron chi connectivity index (χ2n) is 16.8. The minimum Gasteiger partial charge on any atom is -0.387 e. The fourth-order valence-corrected chi connectivity index (χ4v) is 7.06. The quantitative estimate of drug-likeness (QED) is 0.0245.